The van der Waals surface area contributed by atoms with Crippen LogP contribution in [0.25, 0.3) is 0 Å². The third-order valence-corrected chi connectivity index (χ3v) is 4.65. The normalized spacial score (nSPS) is 16.1. The molecule has 0 fully saturated rings. The van der Waals surface area contributed by atoms with Crippen molar-refractivity contribution in [3.63, 3.8) is 0 Å². The fourth-order valence-corrected chi connectivity index (χ4v) is 3.18. The number of hydrogen-bond acceptors (Lipinski definition) is 5. The first kappa shape index (κ1) is 19.9. The van der Waals surface area contributed by atoms with E-state index in [4.69, 9.17) is 18.9 Å². The van der Waals surface area contributed by atoms with Crippen LogP contribution in [0.2, 0.25) is 0 Å². The lowest BCUT2D eigenvalue weighted by Crippen LogP contribution is -2.26. The second-order valence-corrected chi connectivity index (χ2v) is 6.91. The number of hydrogen-bond donors (Lipinski definition) is 0. The Hall–Kier alpha value is -3.38. The van der Waals surface area contributed by atoms with Gasteiger partial charge in [-0.15, -0.1) is 0 Å². The molecule has 0 aromatic heterocycles. The first-order valence-corrected chi connectivity index (χ1v) is 9.63. The Balaban J connectivity index is 1.46. The molecule has 30 heavy (non-hydrogen) atoms. The van der Waals surface area contributed by atoms with E-state index in [9.17, 15) is 9.18 Å². The highest BCUT2D eigenvalue weighted by Crippen LogP contribution is 2.36. The topological polar surface area (TPSA) is 54.0 Å². The minimum absolute atomic E-state index is 0.136. The second-order valence-electron chi connectivity index (χ2n) is 6.91. The SMILES string of the molecule is C[C@H](Oc1ccccc1)C(=O)OCc1cc(F)cc2c1O[C@@H](c1ccccc1)OC2. The molecule has 0 unspecified atom stereocenters. The zero-order chi connectivity index (χ0) is 20.9. The van der Waals surface area contributed by atoms with Gasteiger partial charge in [0.05, 0.1) is 6.61 Å². The average molecular weight is 408 g/mol. The van der Waals surface area contributed by atoms with Crippen LogP contribution in [0.3, 0.4) is 0 Å². The van der Waals surface area contributed by atoms with Crippen molar-refractivity contribution in [2.24, 2.45) is 0 Å². The minimum Gasteiger partial charge on any atom is -0.479 e. The summed E-state index contributed by atoms with van der Waals surface area (Å²) in [5.41, 5.74) is 1.86. The lowest BCUT2D eigenvalue weighted by molar-refractivity contribution is -0.152. The van der Waals surface area contributed by atoms with E-state index >= 15 is 0 Å². The summed E-state index contributed by atoms with van der Waals surface area (Å²) >= 11 is 0. The highest BCUT2D eigenvalue weighted by molar-refractivity contribution is 5.74. The largest absolute Gasteiger partial charge is 0.479 e. The molecule has 1 heterocycles. The quantitative estimate of drug-likeness (QED) is 0.541. The van der Waals surface area contributed by atoms with Crippen molar-refractivity contribution in [3.8, 4) is 11.5 Å². The van der Waals surface area contributed by atoms with Gasteiger partial charge < -0.3 is 18.9 Å². The Labute approximate surface area is 174 Å². The first-order chi connectivity index (χ1) is 14.6. The zero-order valence-electron chi connectivity index (χ0n) is 16.4. The van der Waals surface area contributed by atoms with Gasteiger partial charge in [-0.2, -0.15) is 0 Å². The van der Waals surface area contributed by atoms with Crippen molar-refractivity contribution in [1.29, 1.82) is 0 Å². The Bertz CT molecular complexity index is 1010. The Morgan fingerprint density at radius 3 is 2.53 bits per heavy atom. The van der Waals surface area contributed by atoms with Crippen LogP contribution in [-0.4, -0.2) is 12.1 Å². The van der Waals surface area contributed by atoms with Crippen LogP contribution in [0.5, 0.6) is 11.5 Å². The molecular formula is C24H21FO5. The maximum absolute atomic E-state index is 14.1. The van der Waals surface area contributed by atoms with E-state index in [2.05, 4.69) is 0 Å². The third kappa shape index (κ3) is 4.60. The summed E-state index contributed by atoms with van der Waals surface area (Å²) in [7, 11) is 0. The van der Waals surface area contributed by atoms with Crippen LogP contribution in [0.1, 0.15) is 29.9 Å². The monoisotopic (exact) mass is 408 g/mol. The molecule has 4 rings (SSSR count). The van der Waals surface area contributed by atoms with Crippen molar-refractivity contribution in [2.75, 3.05) is 0 Å². The maximum Gasteiger partial charge on any atom is 0.347 e. The van der Waals surface area contributed by atoms with Gasteiger partial charge in [0, 0.05) is 16.7 Å². The van der Waals surface area contributed by atoms with Crippen molar-refractivity contribution in [1.82, 2.24) is 0 Å². The summed E-state index contributed by atoms with van der Waals surface area (Å²) in [5.74, 6) is 0.0412. The summed E-state index contributed by atoms with van der Waals surface area (Å²) in [6.07, 6.45) is -1.42. The molecule has 5 nitrogen and oxygen atoms in total. The molecule has 0 saturated heterocycles. The summed E-state index contributed by atoms with van der Waals surface area (Å²) in [6.45, 7) is 1.66. The first-order valence-electron chi connectivity index (χ1n) is 9.63. The van der Waals surface area contributed by atoms with Gasteiger partial charge in [-0.3, -0.25) is 0 Å². The van der Waals surface area contributed by atoms with Gasteiger partial charge in [-0.1, -0.05) is 48.5 Å². The van der Waals surface area contributed by atoms with Crippen LogP contribution in [0.4, 0.5) is 4.39 Å². The molecule has 0 radical (unpaired) electrons. The summed E-state index contributed by atoms with van der Waals surface area (Å²) in [4.78, 5) is 12.4. The van der Waals surface area contributed by atoms with E-state index in [0.29, 0.717) is 22.6 Å². The van der Waals surface area contributed by atoms with Crippen molar-refractivity contribution < 1.29 is 28.1 Å². The predicted octanol–water partition coefficient (Wildman–Crippen LogP) is 4.94. The van der Waals surface area contributed by atoms with Gasteiger partial charge in [0.2, 0.25) is 6.29 Å². The minimum atomic E-state index is -0.807. The second kappa shape index (κ2) is 8.97. The highest BCUT2D eigenvalue weighted by atomic mass is 19.1. The molecule has 1 aliphatic heterocycles. The molecule has 6 heteroatoms. The maximum atomic E-state index is 14.1. The molecule has 0 bridgehead atoms. The molecule has 0 spiro atoms. The number of carbonyl (C=O) groups is 1. The van der Waals surface area contributed by atoms with Crippen LogP contribution < -0.4 is 9.47 Å². The standard InChI is InChI=1S/C24H21FO5/c1-16(29-21-10-6-3-7-11-21)23(26)27-14-18-12-20(25)13-19-15-28-24(30-22(18)19)17-8-4-2-5-9-17/h2-13,16,24H,14-15H2,1H3/t16-,24-/m0/s1. The van der Waals surface area contributed by atoms with E-state index in [1.165, 1.54) is 12.1 Å². The zero-order valence-corrected chi connectivity index (χ0v) is 16.4. The Morgan fingerprint density at radius 2 is 1.80 bits per heavy atom. The Morgan fingerprint density at radius 1 is 1.10 bits per heavy atom. The molecular weight excluding hydrogens is 387 g/mol. The fraction of sp³-hybridized carbons (Fsp3) is 0.208. The van der Waals surface area contributed by atoms with E-state index in [-0.39, 0.29) is 13.2 Å². The lowest BCUT2D eigenvalue weighted by atomic mass is 10.1. The molecule has 0 aliphatic carbocycles. The van der Waals surface area contributed by atoms with Gasteiger partial charge in [-0.25, -0.2) is 9.18 Å². The molecule has 2 atom stereocenters. The lowest BCUT2D eigenvalue weighted by Gasteiger charge is -2.28. The van der Waals surface area contributed by atoms with Crippen molar-refractivity contribution >= 4 is 5.97 Å². The van der Waals surface area contributed by atoms with Crippen molar-refractivity contribution in [3.05, 3.63) is 95.3 Å². The molecule has 0 saturated carbocycles. The van der Waals surface area contributed by atoms with Gasteiger partial charge >= 0.3 is 5.97 Å². The van der Waals surface area contributed by atoms with Crippen LogP contribution in [0.15, 0.2) is 72.8 Å². The molecule has 154 valence electrons. The molecule has 1 aliphatic rings. The van der Waals surface area contributed by atoms with Gasteiger partial charge in [0.25, 0.3) is 0 Å². The van der Waals surface area contributed by atoms with E-state index in [0.717, 1.165) is 5.56 Å². The van der Waals surface area contributed by atoms with Gasteiger partial charge in [-0.05, 0) is 31.2 Å². The Kier molecular flexibility index (Phi) is 5.95. The van der Waals surface area contributed by atoms with E-state index in [1.807, 2.05) is 48.5 Å². The number of rotatable bonds is 6. The number of benzene rings is 3. The van der Waals surface area contributed by atoms with E-state index < -0.39 is 24.2 Å². The van der Waals surface area contributed by atoms with E-state index in [1.54, 1.807) is 19.1 Å². The molecule has 3 aromatic carbocycles. The predicted molar refractivity (Wildman–Crippen MR) is 107 cm³/mol. The number of fused-ring (bicyclic) bond motifs is 1. The average Bonchev–Trinajstić information content (AvgIpc) is 2.78. The van der Waals surface area contributed by atoms with Crippen LogP contribution in [0, 0.1) is 5.82 Å². The number of esters is 1. The number of para-hydroxylation sites is 1. The summed E-state index contributed by atoms with van der Waals surface area (Å²) in [5, 5.41) is 0. The number of carbonyl (C=O) groups excluding carboxylic acids is 1. The smallest absolute Gasteiger partial charge is 0.347 e. The highest BCUT2D eigenvalue weighted by Gasteiger charge is 2.26. The fourth-order valence-electron chi connectivity index (χ4n) is 3.18. The third-order valence-electron chi connectivity index (χ3n) is 4.65. The van der Waals surface area contributed by atoms with Gasteiger partial charge in [0.1, 0.15) is 23.9 Å². The number of ether oxygens (including phenoxy) is 4. The van der Waals surface area contributed by atoms with Gasteiger partial charge in [0.15, 0.2) is 6.10 Å². The van der Waals surface area contributed by atoms with Crippen LogP contribution in [-0.2, 0) is 27.5 Å². The summed E-state index contributed by atoms with van der Waals surface area (Å²) < 4.78 is 36.7. The molecule has 3 aromatic rings. The van der Waals surface area contributed by atoms with Crippen LogP contribution >= 0.6 is 0 Å². The van der Waals surface area contributed by atoms with Crippen molar-refractivity contribution in [2.45, 2.75) is 32.5 Å². The molecule has 0 amide bonds. The number of halogens is 1. The summed E-state index contributed by atoms with van der Waals surface area (Å²) in [6, 6.07) is 21.1. The molecule has 0 N–H and O–H groups in total.